The third-order valence-corrected chi connectivity index (χ3v) is 3.93. The molecule has 0 aliphatic rings. The molecule has 20 heavy (non-hydrogen) atoms. The Hall–Kier alpha value is -1.77. The highest BCUT2D eigenvalue weighted by Gasteiger charge is 2.30. The standard InChI is InChI=1S/C17H16ClNO/c18-10-9-17(20,14-4-2-1-3-5-14)15-6-7-16-13(12-15)8-11-19-16/h1-8,11-12,19-20H,9-10H2. The van der Waals surface area contributed by atoms with Crippen molar-refractivity contribution >= 4 is 22.5 Å². The molecule has 3 aromatic rings. The fraction of sp³-hybridized carbons (Fsp3) is 0.176. The highest BCUT2D eigenvalue weighted by atomic mass is 35.5. The van der Waals surface area contributed by atoms with Crippen molar-refractivity contribution in [3.05, 3.63) is 71.9 Å². The molecule has 0 amide bonds. The molecule has 2 N–H and O–H groups in total. The average Bonchev–Trinajstić information content (AvgIpc) is 2.95. The van der Waals surface area contributed by atoms with Crippen LogP contribution in [0.2, 0.25) is 0 Å². The predicted molar refractivity (Wildman–Crippen MR) is 83.1 cm³/mol. The maximum atomic E-state index is 11.2. The molecular weight excluding hydrogens is 270 g/mol. The van der Waals surface area contributed by atoms with Crippen LogP contribution in [0.25, 0.3) is 10.9 Å². The Balaban J connectivity index is 2.14. The Morgan fingerprint density at radius 1 is 1.00 bits per heavy atom. The summed E-state index contributed by atoms with van der Waals surface area (Å²) in [7, 11) is 0. The van der Waals surface area contributed by atoms with Gasteiger partial charge in [-0.15, -0.1) is 11.6 Å². The van der Waals surface area contributed by atoms with Crippen molar-refractivity contribution in [1.82, 2.24) is 4.98 Å². The lowest BCUT2D eigenvalue weighted by atomic mass is 9.84. The topological polar surface area (TPSA) is 36.0 Å². The molecule has 2 nitrogen and oxygen atoms in total. The fourth-order valence-electron chi connectivity index (χ4n) is 2.62. The number of aromatic nitrogens is 1. The van der Waals surface area contributed by atoms with Crippen LogP contribution in [0.4, 0.5) is 0 Å². The SMILES string of the molecule is OC(CCCl)(c1ccccc1)c1ccc2[nH]ccc2c1. The first-order chi connectivity index (χ1) is 9.74. The Morgan fingerprint density at radius 2 is 1.80 bits per heavy atom. The maximum Gasteiger partial charge on any atom is 0.116 e. The Morgan fingerprint density at radius 3 is 2.55 bits per heavy atom. The third-order valence-electron chi connectivity index (χ3n) is 3.74. The van der Waals surface area contributed by atoms with E-state index in [0.29, 0.717) is 12.3 Å². The second-order valence-electron chi connectivity index (χ2n) is 4.94. The molecule has 3 rings (SSSR count). The van der Waals surface area contributed by atoms with Crippen LogP contribution >= 0.6 is 11.6 Å². The molecule has 0 fully saturated rings. The molecule has 0 aliphatic carbocycles. The minimum Gasteiger partial charge on any atom is -0.380 e. The average molecular weight is 286 g/mol. The van der Waals surface area contributed by atoms with E-state index in [-0.39, 0.29) is 0 Å². The lowest BCUT2D eigenvalue weighted by molar-refractivity contribution is 0.0776. The zero-order valence-electron chi connectivity index (χ0n) is 11.0. The fourth-order valence-corrected chi connectivity index (χ4v) is 2.89. The largest absolute Gasteiger partial charge is 0.380 e. The third kappa shape index (κ3) is 2.21. The van der Waals surface area contributed by atoms with Crippen LogP contribution < -0.4 is 0 Å². The summed E-state index contributed by atoms with van der Waals surface area (Å²) in [5.74, 6) is 0.399. The lowest BCUT2D eigenvalue weighted by Gasteiger charge is -2.29. The Bertz CT molecular complexity index is 707. The first kappa shape index (κ1) is 13.2. The van der Waals surface area contributed by atoms with Crippen LogP contribution in [0.3, 0.4) is 0 Å². The molecule has 3 heteroatoms. The van der Waals surface area contributed by atoms with Gasteiger partial charge >= 0.3 is 0 Å². The molecule has 1 unspecified atom stereocenters. The number of aromatic amines is 1. The van der Waals surface area contributed by atoms with E-state index in [2.05, 4.69) is 4.98 Å². The molecule has 0 spiro atoms. The van der Waals surface area contributed by atoms with E-state index in [9.17, 15) is 5.11 Å². The second kappa shape index (κ2) is 5.31. The van der Waals surface area contributed by atoms with Gasteiger partial charge in [0.15, 0.2) is 0 Å². The number of rotatable bonds is 4. The molecule has 0 radical (unpaired) electrons. The van der Waals surface area contributed by atoms with Crippen molar-refractivity contribution in [2.45, 2.75) is 12.0 Å². The Kier molecular flexibility index (Phi) is 3.51. The maximum absolute atomic E-state index is 11.2. The van der Waals surface area contributed by atoms with Gasteiger partial charge in [0.1, 0.15) is 5.60 Å². The second-order valence-corrected chi connectivity index (χ2v) is 5.32. The summed E-state index contributed by atoms with van der Waals surface area (Å²) < 4.78 is 0. The lowest BCUT2D eigenvalue weighted by Crippen LogP contribution is -2.27. The monoisotopic (exact) mass is 285 g/mol. The normalized spacial score (nSPS) is 14.3. The molecule has 0 aliphatic heterocycles. The summed E-state index contributed by atoms with van der Waals surface area (Å²) in [6, 6.07) is 17.7. The van der Waals surface area contributed by atoms with E-state index >= 15 is 0 Å². The number of benzene rings is 2. The van der Waals surface area contributed by atoms with E-state index in [4.69, 9.17) is 11.6 Å². The highest BCUT2D eigenvalue weighted by molar-refractivity contribution is 6.17. The zero-order chi connectivity index (χ0) is 14.0. The summed E-state index contributed by atoms with van der Waals surface area (Å²) in [6.07, 6.45) is 2.38. The van der Waals surface area contributed by atoms with Gasteiger partial charge in [0.05, 0.1) is 0 Å². The first-order valence-corrected chi connectivity index (χ1v) is 7.19. The van der Waals surface area contributed by atoms with Crippen LogP contribution in [0.15, 0.2) is 60.8 Å². The van der Waals surface area contributed by atoms with Gasteiger partial charge in [-0.2, -0.15) is 0 Å². The molecule has 0 bridgehead atoms. The van der Waals surface area contributed by atoms with E-state index in [1.807, 2.05) is 60.8 Å². The first-order valence-electron chi connectivity index (χ1n) is 6.65. The van der Waals surface area contributed by atoms with Crippen LogP contribution in [0.5, 0.6) is 0 Å². The zero-order valence-corrected chi connectivity index (χ0v) is 11.8. The van der Waals surface area contributed by atoms with E-state index in [1.54, 1.807) is 0 Å². The number of H-pyrrole nitrogens is 1. The van der Waals surface area contributed by atoms with E-state index in [0.717, 1.165) is 22.0 Å². The number of halogens is 1. The number of aliphatic hydroxyl groups is 1. The summed E-state index contributed by atoms with van der Waals surface area (Å²) in [5, 5.41) is 12.2. The van der Waals surface area contributed by atoms with Crippen molar-refractivity contribution in [3.8, 4) is 0 Å². The molecule has 0 saturated heterocycles. The summed E-state index contributed by atoms with van der Waals surface area (Å²) in [5.41, 5.74) is 1.76. The van der Waals surface area contributed by atoms with Gasteiger partial charge in [-0.1, -0.05) is 36.4 Å². The number of fused-ring (bicyclic) bond motifs is 1. The van der Waals surface area contributed by atoms with Crippen molar-refractivity contribution in [2.75, 3.05) is 5.88 Å². The summed E-state index contributed by atoms with van der Waals surface area (Å²) in [4.78, 5) is 3.16. The van der Waals surface area contributed by atoms with Crippen molar-refractivity contribution in [3.63, 3.8) is 0 Å². The van der Waals surface area contributed by atoms with Gasteiger partial charge in [-0.3, -0.25) is 0 Å². The Labute approximate surface area is 123 Å². The number of alkyl halides is 1. The summed E-state index contributed by atoms with van der Waals surface area (Å²) in [6.45, 7) is 0. The van der Waals surface area contributed by atoms with Crippen LogP contribution in [0, 0.1) is 0 Å². The molecule has 1 aromatic heterocycles. The molecule has 0 saturated carbocycles. The van der Waals surface area contributed by atoms with Crippen LogP contribution in [-0.2, 0) is 5.60 Å². The molecule has 102 valence electrons. The van der Waals surface area contributed by atoms with Gasteiger partial charge < -0.3 is 10.1 Å². The number of hydrogen-bond acceptors (Lipinski definition) is 1. The smallest absolute Gasteiger partial charge is 0.116 e. The van der Waals surface area contributed by atoms with Gasteiger partial charge in [-0.25, -0.2) is 0 Å². The van der Waals surface area contributed by atoms with E-state index < -0.39 is 5.60 Å². The minimum absolute atomic E-state index is 0.399. The van der Waals surface area contributed by atoms with Crippen molar-refractivity contribution < 1.29 is 5.11 Å². The quantitative estimate of drug-likeness (QED) is 0.698. The molecule has 1 atom stereocenters. The van der Waals surface area contributed by atoms with Gasteiger partial charge in [0.25, 0.3) is 0 Å². The minimum atomic E-state index is -1.05. The van der Waals surface area contributed by atoms with Crippen LogP contribution in [0.1, 0.15) is 17.5 Å². The van der Waals surface area contributed by atoms with Gasteiger partial charge in [0.2, 0.25) is 0 Å². The van der Waals surface area contributed by atoms with Gasteiger partial charge in [-0.05, 0) is 41.1 Å². The summed E-state index contributed by atoms with van der Waals surface area (Å²) >= 11 is 5.92. The molecule has 2 aromatic carbocycles. The van der Waals surface area contributed by atoms with E-state index in [1.165, 1.54) is 0 Å². The predicted octanol–water partition coefficient (Wildman–Crippen LogP) is 4.03. The van der Waals surface area contributed by atoms with Gasteiger partial charge in [0, 0.05) is 17.6 Å². The molecule has 1 heterocycles. The number of nitrogens with one attached hydrogen (secondary N) is 1. The van der Waals surface area contributed by atoms with Crippen molar-refractivity contribution in [2.24, 2.45) is 0 Å². The van der Waals surface area contributed by atoms with Crippen LogP contribution in [-0.4, -0.2) is 16.0 Å². The highest BCUT2D eigenvalue weighted by Crippen LogP contribution is 2.34. The molecular formula is C17H16ClNO. The van der Waals surface area contributed by atoms with Crippen molar-refractivity contribution in [1.29, 1.82) is 0 Å². The number of hydrogen-bond donors (Lipinski definition) is 2.